The van der Waals surface area contributed by atoms with Crippen molar-refractivity contribution in [1.82, 2.24) is 20.3 Å². The van der Waals surface area contributed by atoms with E-state index in [9.17, 15) is 8.42 Å². The van der Waals surface area contributed by atoms with Gasteiger partial charge in [-0.3, -0.25) is 4.98 Å². The zero-order valence-corrected chi connectivity index (χ0v) is 14.0. The van der Waals surface area contributed by atoms with Gasteiger partial charge in [0.05, 0.1) is 18.0 Å². The van der Waals surface area contributed by atoms with Crippen LogP contribution >= 0.6 is 0 Å². The lowest BCUT2D eigenvalue weighted by molar-refractivity contribution is 0.579. The number of nitrogens with one attached hydrogen (secondary N) is 3. The van der Waals surface area contributed by atoms with Crippen molar-refractivity contribution in [2.24, 2.45) is 4.99 Å². The molecule has 0 aromatic carbocycles. The summed E-state index contributed by atoms with van der Waals surface area (Å²) in [4.78, 5) is 8.66. The zero-order chi connectivity index (χ0) is 16.3. The fraction of sp³-hybridized carbons (Fsp3) is 0.571. The Balaban J connectivity index is 2.35. The summed E-state index contributed by atoms with van der Waals surface area (Å²) in [5, 5.41) is 6.32. The molecule has 7 nitrogen and oxygen atoms in total. The van der Waals surface area contributed by atoms with Crippen LogP contribution in [0.3, 0.4) is 0 Å². The Labute approximate surface area is 132 Å². The maximum Gasteiger partial charge on any atom is 0.211 e. The molecule has 0 aliphatic rings. The number of pyridine rings is 1. The largest absolute Gasteiger partial charge is 0.357 e. The molecule has 0 saturated carbocycles. The minimum atomic E-state index is -3.11. The molecule has 0 amide bonds. The van der Waals surface area contributed by atoms with Crippen molar-refractivity contribution in [3.63, 3.8) is 0 Å². The lowest BCUT2D eigenvalue weighted by Crippen LogP contribution is -2.38. The van der Waals surface area contributed by atoms with Crippen molar-refractivity contribution in [3.05, 3.63) is 30.1 Å². The topological polar surface area (TPSA) is 95.5 Å². The van der Waals surface area contributed by atoms with Gasteiger partial charge in [0, 0.05) is 25.8 Å². The van der Waals surface area contributed by atoms with Crippen LogP contribution < -0.4 is 15.4 Å². The molecule has 0 saturated heterocycles. The van der Waals surface area contributed by atoms with Crippen LogP contribution in [-0.4, -0.2) is 44.7 Å². The number of aromatic nitrogens is 1. The van der Waals surface area contributed by atoms with Gasteiger partial charge in [0.1, 0.15) is 0 Å². The number of nitrogens with zero attached hydrogens (tertiary/aromatic N) is 2. The molecule has 0 fully saturated rings. The first kappa shape index (κ1) is 18.4. The number of hydrogen-bond acceptors (Lipinski definition) is 4. The third kappa shape index (κ3) is 7.94. The van der Waals surface area contributed by atoms with Crippen LogP contribution in [0.4, 0.5) is 0 Å². The van der Waals surface area contributed by atoms with Crippen LogP contribution in [0.25, 0.3) is 0 Å². The van der Waals surface area contributed by atoms with Crippen molar-refractivity contribution in [2.75, 3.05) is 25.4 Å². The van der Waals surface area contributed by atoms with E-state index in [1.807, 2.05) is 25.1 Å². The third-order valence-corrected chi connectivity index (χ3v) is 4.22. The van der Waals surface area contributed by atoms with E-state index in [0.29, 0.717) is 32.0 Å². The molecule has 1 aromatic rings. The van der Waals surface area contributed by atoms with Crippen LogP contribution in [0.2, 0.25) is 0 Å². The second-order valence-electron chi connectivity index (χ2n) is 4.59. The summed E-state index contributed by atoms with van der Waals surface area (Å²) in [6.45, 7) is 5.93. The molecule has 1 aromatic heterocycles. The molecule has 0 aliphatic heterocycles. The first-order valence-electron chi connectivity index (χ1n) is 7.46. The molecule has 22 heavy (non-hydrogen) atoms. The summed E-state index contributed by atoms with van der Waals surface area (Å²) < 4.78 is 25.1. The van der Waals surface area contributed by atoms with Crippen molar-refractivity contribution < 1.29 is 8.42 Å². The standard InChI is InChI=1S/C14H25N5O2S/c1-3-15-14(18-12-13-8-5-6-9-16-13)17-10-7-11-19-22(20,21)4-2/h5-6,8-9,19H,3-4,7,10-12H2,1-2H3,(H2,15,17,18). The predicted octanol–water partition coefficient (Wildman–Crippen LogP) is 0.466. The van der Waals surface area contributed by atoms with E-state index in [-0.39, 0.29) is 5.75 Å². The summed E-state index contributed by atoms with van der Waals surface area (Å²) >= 11 is 0. The Morgan fingerprint density at radius 2 is 2.05 bits per heavy atom. The first-order chi connectivity index (χ1) is 10.6. The van der Waals surface area contributed by atoms with E-state index in [1.54, 1.807) is 13.1 Å². The van der Waals surface area contributed by atoms with Crippen LogP contribution in [0, 0.1) is 0 Å². The lowest BCUT2D eigenvalue weighted by atomic mass is 10.3. The van der Waals surface area contributed by atoms with Gasteiger partial charge in [0.25, 0.3) is 0 Å². The normalized spacial score (nSPS) is 12.2. The fourth-order valence-corrected chi connectivity index (χ4v) is 2.28. The zero-order valence-electron chi connectivity index (χ0n) is 13.2. The minimum Gasteiger partial charge on any atom is -0.357 e. The Kier molecular flexibility index (Phi) is 8.46. The molecule has 0 atom stereocenters. The average Bonchev–Trinajstić information content (AvgIpc) is 2.53. The van der Waals surface area contributed by atoms with E-state index in [1.165, 1.54) is 0 Å². The molecule has 0 unspecified atom stereocenters. The Morgan fingerprint density at radius 1 is 1.23 bits per heavy atom. The van der Waals surface area contributed by atoms with Gasteiger partial charge in [-0.05, 0) is 32.4 Å². The summed E-state index contributed by atoms with van der Waals surface area (Å²) in [6, 6.07) is 5.72. The average molecular weight is 327 g/mol. The maximum absolute atomic E-state index is 11.3. The van der Waals surface area contributed by atoms with Crippen LogP contribution in [-0.2, 0) is 16.6 Å². The predicted molar refractivity (Wildman–Crippen MR) is 89.1 cm³/mol. The van der Waals surface area contributed by atoms with Crippen molar-refractivity contribution >= 4 is 16.0 Å². The summed E-state index contributed by atoms with van der Waals surface area (Å²) in [5.74, 6) is 0.806. The van der Waals surface area contributed by atoms with E-state index < -0.39 is 10.0 Å². The second kappa shape index (κ2) is 10.1. The molecule has 124 valence electrons. The van der Waals surface area contributed by atoms with Gasteiger partial charge >= 0.3 is 0 Å². The Morgan fingerprint density at radius 3 is 2.68 bits per heavy atom. The highest BCUT2D eigenvalue weighted by Gasteiger charge is 2.04. The SMILES string of the molecule is CCNC(=NCc1ccccn1)NCCCNS(=O)(=O)CC. The van der Waals surface area contributed by atoms with Gasteiger partial charge in [0.15, 0.2) is 5.96 Å². The summed E-state index contributed by atoms with van der Waals surface area (Å²) in [6.07, 6.45) is 2.43. The van der Waals surface area contributed by atoms with Gasteiger partial charge in [-0.2, -0.15) is 0 Å². The van der Waals surface area contributed by atoms with Crippen LogP contribution in [0.15, 0.2) is 29.4 Å². The highest BCUT2D eigenvalue weighted by atomic mass is 32.2. The van der Waals surface area contributed by atoms with Gasteiger partial charge in [-0.15, -0.1) is 0 Å². The fourth-order valence-electron chi connectivity index (χ4n) is 1.62. The molecule has 1 heterocycles. The summed E-state index contributed by atoms with van der Waals surface area (Å²) in [5.41, 5.74) is 0.899. The molecule has 3 N–H and O–H groups in total. The number of aliphatic imine (C=N–C) groups is 1. The van der Waals surface area contributed by atoms with Gasteiger partial charge in [0.2, 0.25) is 10.0 Å². The van der Waals surface area contributed by atoms with Crippen molar-refractivity contribution in [1.29, 1.82) is 0 Å². The van der Waals surface area contributed by atoms with E-state index in [2.05, 4.69) is 25.3 Å². The number of sulfonamides is 1. The molecule has 0 spiro atoms. The second-order valence-corrected chi connectivity index (χ2v) is 6.69. The molecule has 0 bridgehead atoms. The molecule has 0 aliphatic carbocycles. The molecule has 0 radical (unpaired) electrons. The Hall–Kier alpha value is -1.67. The monoisotopic (exact) mass is 327 g/mol. The highest BCUT2D eigenvalue weighted by Crippen LogP contribution is 1.95. The van der Waals surface area contributed by atoms with E-state index >= 15 is 0 Å². The Bertz CT molecular complexity index is 546. The first-order valence-corrected chi connectivity index (χ1v) is 9.12. The third-order valence-electron chi connectivity index (χ3n) is 2.82. The quantitative estimate of drug-likeness (QED) is 0.348. The summed E-state index contributed by atoms with van der Waals surface area (Å²) in [7, 11) is -3.11. The minimum absolute atomic E-state index is 0.106. The smallest absolute Gasteiger partial charge is 0.211 e. The number of rotatable bonds is 9. The van der Waals surface area contributed by atoms with Gasteiger partial charge in [-0.1, -0.05) is 6.07 Å². The van der Waals surface area contributed by atoms with Crippen molar-refractivity contribution in [2.45, 2.75) is 26.8 Å². The van der Waals surface area contributed by atoms with Crippen LogP contribution in [0.5, 0.6) is 0 Å². The van der Waals surface area contributed by atoms with Crippen molar-refractivity contribution in [3.8, 4) is 0 Å². The molecule has 8 heteroatoms. The number of guanidine groups is 1. The van der Waals surface area contributed by atoms with Crippen LogP contribution in [0.1, 0.15) is 26.0 Å². The molecular formula is C14H25N5O2S. The highest BCUT2D eigenvalue weighted by molar-refractivity contribution is 7.89. The maximum atomic E-state index is 11.3. The van der Waals surface area contributed by atoms with Gasteiger partial charge in [-0.25, -0.2) is 18.1 Å². The van der Waals surface area contributed by atoms with E-state index in [0.717, 1.165) is 12.2 Å². The lowest BCUT2D eigenvalue weighted by Gasteiger charge is -2.11. The molecule has 1 rings (SSSR count). The van der Waals surface area contributed by atoms with E-state index in [4.69, 9.17) is 0 Å². The number of hydrogen-bond donors (Lipinski definition) is 3. The van der Waals surface area contributed by atoms with Gasteiger partial charge < -0.3 is 10.6 Å². The molecular weight excluding hydrogens is 302 g/mol.